The van der Waals surface area contributed by atoms with E-state index in [0.717, 1.165) is 16.0 Å². The van der Waals surface area contributed by atoms with Gasteiger partial charge in [-0.2, -0.15) is 0 Å². The summed E-state index contributed by atoms with van der Waals surface area (Å²) in [7, 11) is -3.56. The van der Waals surface area contributed by atoms with Gasteiger partial charge in [-0.25, -0.2) is 17.5 Å². The zero-order chi connectivity index (χ0) is 20.0. The van der Waals surface area contributed by atoms with Crippen LogP contribution in [-0.4, -0.2) is 14.7 Å². The molecule has 28 heavy (non-hydrogen) atoms. The summed E-state index contributed by atoms with van der Waals surface area (Å²) < 4.78 is 45.9. The van der Waals surface area contributed by atoms with Crippen LogP contribution >= 0.6 is 11.8 Å². The number of rotatable bonds is 8. The first-order valence-electron chi connectivity index (χ1n) is 8.56. The van der Waals surface area contributed by atoms with Gasteiger partial charge in [0.15, 0.2) is 0 Å². The quantitative estimate of drug-likeness (QED) is 0.544. The number of nitrogens with one attached hydrogen (secondary N) is 1. The predicted octanol–water partition coefficient (Wildman–Crippen LogP) is 4.61. The highest BCUT2D eigenvalue weighted by atomic mass is 32.2. The first kappa shape index (κ1) is 20.4. The van der Waals surface area contributed by atoms with Gasteiger partial charge in [-0.05, 0) is 65.9 Å². The van der Waals surface area contributed by atoms with Gasteiger partial charge < -0.3 is 4.74 Å². The Balaban J connectivity index is 1.55. The van der Waals surface area contributed by atoms with Gasteiger partial charge in [-0.1, -0.05) is 24.3 Å². The second kappa shape index (κ2) is 9.23. The molecule has 0 amide bonds. The topological polar surface area (TPSA) is 55.4 Å². The highest BCUT2D eigenvalue weighted by molar-refractivity contribution is 7.98. The predicted molar refractivity (Wildman–Crippen MR) is 109 cm³/mol. The zero-order valence-corrected chi connectivity index (χ0v) is 16.9. The number of hydrogen-bond acceptors (Lipinski definition) is 4. The van der Waals surface area contributed by atoms with Gasteiger partial charge in [-0.3, -0.25) is 0 Å². The molecule has 0 atom stereocenters. The molecule has 0 aliphatic carbocycles. The fourth-order valence-corrected chi connectivity index (χ4v) is 3.89. The van der Waals surface area contributed by atoms with Crippen LogP contribution < -0.4 is 9.46 Å². The lowest BCUT2D eigenvalue weighted by molar-refractivity contribution is 0.306. The molecule has 146 valence electrons. The fourth-order valence-electron chi connectivity index (χ4n) is 2.47. The van der Waals surface area contributed by atoms with Crippen molar-refractivity contribution in [2.24, 2.45) is 0 Å². The van der Waals surface area contributed by atoms with Crippen molar-refractivity contribution in [3.63, 3.8) is 0 Å². The molecule has 1 N–H and O–H groups in total. The normalized spacial score (nSPS) is 11.4. The first-order valence-corrected chi connectivity index (χ1v) is 11.3. The molecule has 0 aliphatic heterocycles. The molecule has 0 radical (unpaired) electrons. The van der Waals surface area contributed by atoms with E-state index in [4.69, 9.17) is 4.74 Å². The van der Waals surface area contributed by atoms with Crippen LogP contribution in [0.2, 0.25) is 0 Å². The molecule has 3 aromatic rings. The Morgan fingerprint density at radius 2 is 1.50 bits per heavy atom. The van der Waals surface area contributed by atoms with Gasteiger partial charge in [0.1, 0.15) is 18.2 Å². The standard InChI is InChI=1S/C21H20FNO3S2/c1-27-20-10-12-21(13-11-20)28(24,25)23-14-16-4-8-19(9-5-16)26-15-17-2-6-18(22)7-3-17/h2-13,23H,14-15H2,1H3. The first-order chi connectivity index (χ1) is 13.5. The van der Waals surface area contributed by atoms with Crippen LogP contribution in [0.4, 0.5) is 4.39 Å². The van der Waals surface area contributed by atoms with Gasteiger partial charge in [0.25, 0.3) is 0 Å². The minimum atomic E-state index is -3.56. The van der Waals surface area contributed by atoms with Crippen molar-refractivity contribution in [3.05, 3.63) is 89.7 Å². The van der Waals surface area contributed by atoms with E-state index >= 15 is 0 Å². The molecule has 0 bridgehead atoms. The van der Waals surface area contributed by atoms with E-state index in [2.05, 4.69) is 4.72 Å². The van der Waals surface area contributed by atoms with Gasteiger partial charge in [0.05, 0.1) is 4.90 Å². The molecule has 0 aliphatic rings. The van der Waals surface area contributed by atoms with E-state index in [9.17, 15) is 12.8 Å². The molecule has 7 heteroatoms. The molecular formula is C21H20FNO3S2. The second-order valence-corrected chi connectivity index (χ2v) is 8.71. The van der Waals surface area contributed by atoms with Crippen LogP contribution in [0, 0.1) is 5.82 Å². The smallest absolute Gasteiger partial charge is 0.240 e. The number of sulfonamides is 1. The number of ether oxygens (including phenoxy) is 1. The molecule has 0 saturated heterocycles. The van der Waals surface area contributed by atoms with Crippen LogP contribution in [0.25, 0.3) is 0 Å². The fraction of sp³-hybridized carbons (Fsp3) is 0.143. The zero-order valence-electron chi connectivity index (χ0n) is 15.3. The highest BCUT2D eigenvalue weighted by Gasteiger charge is 2.13. The minimum absolute atomic E-state index is 0.185. The molecule has 3 rings (SSSR count). The van der Waals surface area contributed by atoms with Crippen molar-refractivity contribution in [3.8, 4) is 5.75 Å². The van der Waals surface area contributed by atoms with Crippen molar-refractivity contribution >= 4 is 21.8 Å². The third-order valence-electron chi connectivity index (χ3n) is 4.08. The lowest BCUT2D eigenvalue weighted by Crippen LogP contribution is -2.23. The van der Waals surface area contributed by atoms with E-state index in [1.165, 1.54) is 12.1 Å². The molecule has 0 heterocycles. The van der Waals surface area contributed by atoms with E-state index < -0.39 is 10.0 Å². The van der Waals surface area contributed by atoms with E-state index in [-0.39, 0.29) is 17.3 Å². The van der Waals surface area contributed by atoms with Gasteiger partial charge >= 0.3 is 0 Å². The Kier molecular flexibility index (Phi) is 6.72. The van der Waals surface area contributed by atoms with Crippen molar-refractivity contribution < 1.29 is 17.5 Å². The number of hydrogen-bond donors (Lipinski definition) is 1. The van der Waals surface area contributed by atoms with Crippen LogP contribution in [0.3, 0.4) is 0 Å². The molecule has 0 saturated carbocycles. The monoisotopic (exact) mass is 417 g/mol. The Morgan fingerprint density at radius 3 is 2.11 bits per heavy atom. The molecule has 4 nitrogen and oxygen atoms in total. The average Bonchev–Trinajstić information content (AvgIpc) is 2.73. The summed E-state index contributed by atoms with van der Waals surface area (Å²) in [5, 5.41) is 0. The maximum atomic E-state index is 12.9. The number of halogens is 1. The Hall–Kier alpha value is -2.35. The third-order valence-corrected chi connectivity index (χ3v) is 6.24. The Morgan fingerprint density at radius 1 is 0.893 bits per heavy atom. The largest absolute Gasteiger partial charge is 0.489 e. The molecule has 0 fully saturated rings. The van der Waals surface area contributed by atoms with Gasteiger partial charge in [0, 0.05) is 11.4 Å². The van der Waals surface area contributed by atoms with E-state index in [1.54, 1.807) is 72.4 Å². The van der Waals surface area contributed by atoms with Crippen LogP contribution in [-0.2, 0) is 23.2 Å². The number of thioether (sulfide) groups is 1. The Labute approximate surface area is 168 Å². The average molecular weight is 418 g/mol. The summed E-state index contributed by atoms with van der Waals surface area (Å²) in [6, 6.07) is 20.1. The maximum Gasteiger partial charge on any atom is 0.240 e. The summed E-state index contributed by atoms with van der Waals surface area (Å²) in [6.07, 6.45) is 1.94. The van der Waals surface area contributed by atoms with Gasteiger partial charge in [-0.15, -0.1) is 11.8 Å². The lowest BCUT2D eigenvalue weighted by Gasteiger charge is -2.09. The van der Waals surface area contributed by atoms with Crippen molar-refractivity contribution in [2.75, 3.05) is 6.26 Å². The van der Waals surface area contributed by atoms with Crippen molar-refractivity contribution in [1.82, 2.24) is 4.72 Å². The number of benzene rings is 3. The van der Waals surface area contributed by atoms with Crippen LogP contribution in [0.5, 0.6) is 5.75 Å². The minimum Gasteiger partial charge on any atom is -0.489 e. The summed E-state index contributed by atoms with van der Waals surface area (Å²) >= 11 is 1.56. The molecule has 0 aromatic heterocycles. The van der Waals surface area contributed by atoms with Crippen LogP contribution in [0.15, 0.2) is 82.6 Å². The summed E-state index contributed by atoms with van der Waals surface area (Å²) in [5.74, 6) is 0.374. The summed E-state index contributed by atoms with van der Waals surface area (Å²) in [5.41, 5.74) is 1.68. The van der Waals surface area contributed by atoms with Gasteiger partial charge in [0.2, 0.25) is 10.0 Å². The van der Waals surface area contributed by atoms with Crippen molar-refractivity contribution in [2.45, 2.75) is 22.9 Å². The molecule has 0 spiro atoms. The molecular weight excluding hydrogens is 397 g/mol. The Bertz CT molecular complexity index is 1000. The van der Waals surface area contributed by atoms with Crippen LogP contribution in [0.1, 0.15) is 11.1 Å². The second-order valence-electron chi connectivity index (χ2n) is 6.06. The van der Waals surface area contributed by atoms with Crippen molar-refractivity contribution in [1.29, 1.82) is 0 Å². The maximum absolute atomic E-state index is 12.9. The summed E-state index contributed by atoms with van der Waals surface area (Å²) in [6.45, 7) is 0.517. The molecule has 3 aromatic carbocycles. The lowest BCUT2D eigenvalue weighted by atomic mass is 10.2. The third kappa shape index (κ3) is 5.58. The summed E-state index contributed by atoms with van der Waals surface area (Å²) in [4.78, 5) is 1.25. The molecule has 0 unspecified atom stereocenters. The SMILES string of the molecule is CSc1ccc(S(=O)(=O)NCc2ccc(OCc3ccc(F)cc3)cc2)cc1. The highest BCUT2D eigenvalue weighted by Crippen LogP contribution is 2.18. The van der Waals surface area contributed by atoms with E-state index in [0.29, 0.717) is 12.4 Å². The van der Waals surface area contributed by atoms with E-state index in [1.807, 2.05) is 6.26 Å².